The van der Waals surface area contributed by atoms with E-state index in [1.54, 1.807) is 0 Å². The fourth-order valence-electron chi connectivity index (χ4n) is 1.99. The summed E-state index contributed by atoms with van der Waals surface area (Å²) in [6, 6.07) is 9.87. The van der Waals surface area contributed by atoms with E-state index in [-0.39, 0.29) is 18.7 Å². The van der Waals surface area contributed by atoms with Gasteiger partial charge in [0.2, 0.25) is 5.24 Å². The number of nitrogens with two attached hydrogens (primary N) is 1. The Morgan fingerprint density at radius 1 is 1.15 bits per heavy atom. The monoisotopic (exact) mass is 420 g/mol. The van der Waals surface area contributed by atoms with Gasteiger partial charge in [0.1, 0.15) is 6.04 Å². The highest BCUT2D eigenvalue weighted by Gasteiger charge is 2.14. The van der Waals surface area contributed by atoms with Gasteiger partial charge in [0.05, 0.1) is 0 Å². The number of benzene rings is 1. The normalized spacial score (nSPS) is 10.3. The Morgan fingerprint density at radius 3 is 2.07 bits per heavy atom. The van der Waals surface area contributed by atoms with Gasteiger partial charge in [0, 0.05) is 6.92 Å². The van der Waals surface area contributed by atoms with Crippen molar-refractivity contribution in [3.05, 3.63) is 35.9 Å². The van der Waals surface area contributed by atoms with Crippen LogP contribution >= 0.6 is 25.1 Å². The van der Waals surface area contributed by atoms with Crippen molar-refractivity contribution in [1.82, 2.24) is 5.32 Å². The van der Waals surface area contributed by atoms with Crippen LogP contribution in [-0.2, 0) is 9.59 Å². The molecule has 1 rings (SSSR count). The Hall–Kier alpha value is -1.08. The summed E-state index contributed by atoms with van der Waals surface area (Å²) in [6.07, 6.45) is 5.83. The predicted molar refractivity (Wildman–Crippen MR) is 120 cm³/mol. The van der Waals surface area contributed by atoms with Crippen LogP contribution in [0.5, 0.6) is 0 Å². The standard InChI is InChI=1S/C11H24N2O2.C7H8.C2H3ClO.H2S/c1-2-3-6-9-13-10(11(14)15)7-4-5-8-12;1-7-5-3-2-4-6-7;1-2(3)4;/h10,13H,2-9,12H2,1H3,(H,14,15);2-6H,1H3;1H3;1H2. The van der Waals surface area contributed by atoms with E-state index in [1.807, 2.05) is 18.2 Å². The number of hydrogen-bond donors (Lipinski definition) is 3. The number of hydrogen-bond acceptors (Lipinski definition) is 4. The molecule has 1 aromatic carbocycles. The third-order valence-electron chi connectivity index (χ3n) is 3.36. The summed E-state index contributed by atoms with van der Waals surface area (Å²) in [6.45, 7) is 6.95. The molecule has 0 aliphatic heterocycles. The minimum atomic E-state index is -0.747. The zero-order valence-corrected chi connectivity index (χ0v) is 18.6. The quantitative estimate of drug-likeness (QED) is 0.389. The lowest BCUT2D eigenvalue weighted by Gasteiger charge is -2.13. The van der Waals surface area contributed by atoms with E-state index in [2.05, 4.69) is 42.9 Å². The Kier molecular flexibility index (Phi) is 26.1. The van der Waals surface area contributed by atoms with E-state index in [1.165, 1.54) is 12.5 Å². The fourth-order valence-corrected chi connectivity index (χ4v) is 1.99. The first-order valence-corrected chi connectivity index (χ1v) is 9.56. The van der Waals surface area contributed by atoms with Crippen LogP contribution in [0.1, 0.15) is 57.9 Å². The highest BCUT2D eigenvalue weighted by molar-refractivity contribution is 7.59. The minimum absolute atomic E-state index is 0. The molecule has 4 N–H and O–H groups in total. The number of carboxylic acid groups (broad SMARTS) is 1. The number of aryl methyl sites for hydroxylation is 1. The van der Waals surface area contributed by atoms with Crippen molar-refractivity contribution in [2.45, 2.75) is 65.3 Å². The van der Waals surface area contributed by atoms with Gasteiger partial charge in [-0.3, -0.25) is 9.59 Å². The molecule has 0 saturated heterocycles. The molecule has 1 aromatic rings. The van der Waals surface area contributed by atoms with Crippen LogP contribution in [0.4, 0.5) is 0 Å². The lowest BCUT2D eigenvalue weighted by molar-refractivity contribution is -0.139. The lowest BCUT2D eigenvalue weighted by Crippen LogP contribution is -2.37. The number of carbonyl (C=O) groups is 2. The third kappa shape index (κ3) is 27.2. The molecule has 0 bridgehead atoms. The molecule has 0 radical (unpaired) electrons. The second kappa shape index (κ2) is 23.0. The molecule has 5 nitrogen and oxygen atoms in total. The van der Waals surface area contributed by atoms with Crippen molar-refractivity contribution in [3.63, 3.8) is 0 Å². The van der Waals surface area contributed by atoms with Crippen LogP contribution in [0, 0.1) is 6.92 Å². The molecule has 0 amide bonds. The van der Waals surface area contributed by atoms with Crippen molar-refractivity contribution in [3.8, 4) is 0 Å². The maximum atomic E-state index is 10.9. The van der Waals surface area contributed by atoms with Gasteiger partial charge < -0.3 is 16.2 Å². The Bertz CT molecular complexity index is 458. The summed E-state index contributed by atoms with van der Waals surface area (Å²) in [4.78, 5) is 20.1. The molecule has 1 unspecified atom stereocenters. The van der Waals surface area contributed by atoms with Crippen LogP contribution in [0.3, 0.4) is 0 Å². The van der Waals surface area contributed by atoms with Crippen molar-refractivity contribution >= 4 is 36.3 Å². The van der Waals surface area contributed by atoms with Crippen LogP contribution in [-0.4, -0.2) is 35.4 Å². The largest absolute Gasteiger partial charge is 0.480 e. The number of halogens is 1. The molecule has 0 saturated carbocycles. The van der Waals surface area contributed by atoms with Gasteiger partial charge in [0.25, 0.3) is 0 Å². The Morgan fingerprint density at radius 2 is 1.70 bits per heavy atom. The Balaban J connectivity index is -0.000000395. The second-order valence-electron chi connectivity index (χ2n) is 5.96. The zero-order chi connectivity index (χ0) is 20.2. The summed E-state index contributed by atoms with van der Waals surface area (Å²) >= 11 is 4.64. The van der Waals surface area contributed by atoms with Gasteiger partial charge in [-0.25, -0.2) is 0 Å². The van der Waals surface area contributed by atoms with Gasteiger partial charge in [-0.05, 0) is 50.9 Å². The lowest BCUT2D eigenvalue weighted by atomic mass is 10.1. The van der Waals surface area contributed by atoms with Crippen LogP contribution < -0.4 is 11.1 Å². The molecular weight excluding hydrogens is 384 g/mol. The van der Waals surface area contributed by atoms with E-state index >= 15 is 0 Å². The number of unbranched alkanes of at least 4 members (excludes halogenated alkanes) is 3. The summed E-state index contributed by atoms with van der Waals surface area (Å²) in [5.41, 5.74) is 6.68. The summed E-state index contributed by atoms with van der Waals surface area (Å²) in [5.74, 6) is -0.747. The molecule has 0 spiro atoms. The topological polar surface area (TPSA) is 92.4 Å². The maximum Gasteiger partial charge on any atom is 0.320 e. The zero-order valence-electron chi connectivity index (χ0n) is 16.8. The fraction of sp³-hybridized carbons (Fsp3) is 0.600. The molecule has 0 aliphatic rings. The van der Waals surface area contributed by atoms with E-state index in [4.69, 9.17) is 10.8 Å². The molecule has 27 heavy (non-hydrogen) atoms. The number of nitrogens with one attached hydrogen (secondary N) is 1. The molecule has 0 aromatic heterocycles. The van der Waals surface area contributed by atoms with E-state index in [0.29, 0.717) is 13.0 Å². The molecular formula is C20H37ClN2O3S. The highest BCUT2D eigenvalue weighted by Crippen LogP contribution is 2.01. The number of rotatable bonds is 10. The van der Waals surface area contributed by atoms with Crippen LogP contribution in [0.15, 0.2) is 30.3 Å². The van der Waals surface area contributed by atoms with Crippen molar-refractivity contribution in [2.75, 3.05) is 13.1 Å². The first-order valence-electron chi connectivity index (χ1n) is 9.19. The molecule has 0 fully saturated rings. The second-order valence-corrected chi connectivity index (χ2v) is 6.49. The van der Waals surface area contributed by atoms with Gasteiger partial charge in [-0.2, -0.15) is 13.5 Å². The summed E-state index contributed by atoms with van der Waals surface area (Å²) in [7, 11) is 0. The van der Waals surface area contributed by atoms with Crippen molar-refractivity contribution < 1.29 is 14.7 Å². The SMILES string of the molecule is CC(=O)Cl.CCCCCNC(CCCCN)C(=O)O.Cc1ccccc1.S. The number of carbonyl (C=O) groups excluding carboxylic acids is 1. The number of aliphatic carboxylic acids is 1. The molecule has 7 heteroatoms. The molecule has 0 aliphatic carbocycles. The molecule has 0 heterocycles. The van der Waals surface area contributed by atoms with Crippen LogP contribution in [0.25, 0.3) is 0 Å². The van der Waals surface area contributed by atoms with E-state index < -0.39 is 12.0 Å². The van der Waals surface area contributed by atoms with Gasteiger partial charge >= 0.3 is 5.97 Å². The van der Waals surface area contributed by atoms with Gasteiger partial charge in [-0.15, -0.1) is 0 Å². The summed E-state index contributed by atoms with van der Waals surface area (Å²) in [5, 5.41) is 11.6. The molecule has 158 valence electrons. The van der Waals surface area contributed by atoms with E-state index in [0.717, 1.165) is 38.6 Å². The minimum Gasteiger partial charge on any atom is -0.480 e. The van der Waals surface area contributed by atoms with Crippen LogP contribution in [0.2, 0.25) is 0 Å². The number of carboxylic acids is 1. The predicted octanol–water partition coefficient (Wildman–Crippen LogP) is 4.23. The highest BCUT2D eigenvalue weighted by atomic mass is 35.5. The first-order chi connectivity index (χ1) is 12.3. The smallest absolute Gasteiger partial charge is 0.320 e. The average Bonchev–Trinajstić information content (AvgIpc) is 2.57. The first kappa shape index (κ1) is 30.6. The Labute approximate surface area is 176 Å². The van der Waals surface area contributed by atoms with Gasteiger partial charge in [-0.1, -0.05) is 62.1 Å². The average molecular weight is 421 g/mol. The van der Waals surface area contributed by atoms with Crippen molar-refractivity contribution in [1.29, 1.82) is 0 Å². The summed E-state index contributed by atoms with van der Waals surface area (Å²) < 4.78 is 0. The van der Waals surface area contributed by atoms with Gasteiger partial charge in [0.15, 0.2) is 0 Å². The van der Waals surface area contributed by atoms with E-state index in [9.17, 15) is 9.59 Å². The molecule has 1 atom stereocenters. The third-order valence-corrected chi connectivity index (χ3v) is 3.36. The maximum absolute atomic E-state index is 10.9. The van der Waals surface area contributed by atoms with Crippen molar-refractivity contribution in [2.24, 2.45) is 5.73 Å².